The number of hydrogen-bond donors (Lipinski definition) is 2. The molecule has 0 saturated heterocycles. The number of nitrogens with one attached hydrogen (secondary N) is 1. The summed E-state index contributed by atoms with van der Waals surface area (Å²) in [7, 11) is 1.91. The van der Waals surface area contributed by atoms with Crippen LogP contribution >= 0.6 is 11.6 Å². The third-order valence-electron chi connectivity index (χ3n) is 3.75. The van der Waals surface area contributed by atoms with E-state index in [1.54, 1.807) is 0 Å². The van der Waals surface area contributed by atoms with Gasteiger partial charge in [-0.05, 0) is 25.7 Å². The van der Waals surface area contributed by atoms with E-state index < -0.39 is 0 Å². The first kappa shape index (κ1) is 12.9. The Hall–Kier alpha value is -0.580. The summed E-state index contributed by atoms with van der Waals surface area (Å²) in [6.45, 7) is 2.92. The lowest BCUT2D eigenvalue weighted by Gasteiger charge is -2.41. The SMILES string of the molecule is CCc1nn(C)c(CNC2(CO)CCC2)c1Cl. The van der Waals surface area contributed by atoms with Crippen molar-refractivity contribution in [2.45, 2.75) is 44.7 Å². The molecule has 1 saturated carbocycles. The van der Waals surface area contributed by atoms with Crippen molar-refractivity contribution in [1.82, 2.24) is 15.1 Å². The summed E-state index contributed by atoms with van der Waals surface area (Å²) in [6, 6.07) is 0. The van der Waals surface area contributed by atoms with E-state index in [2.05, 4.69) is 10.4 Å². The molecule has 0 unspecified atom stereocenters. The summed E-state index contributed by atoms with van der Waals surface area (Å²) >= 11 is 6.28. The highest BCUT2D eigenvalue weighted by atomic mass is 35.5. The van der Waals surface area contributed by atoms with Crippen LogP contribution in [-0.4, -0.2) is 27.0 Å². The van der Waals surface area contributed by atoms with Gasteiger partial charge in [-0.3, -0.25) is 4.68 Å². The van der Waals surface area contributed by atoms with Crippen LogP contribution in [0.15, 0.2) is 0 Å². The molecule has 1 fully saturated rings. The number of nitrogens with zero attached hydrogens (tertiary/aromatic N) is 2. The van der Waals surface area contributed by atoms with Crippen molar-refractivity contribution in [3.05, 3.63) is 16.4 Å². The Morgan fingerprint density at radius 1 is 1.53 bits per heavy atom. The summed E-state index contributed by atoms with van der Waals surface area (Å²) in [4.78, 5) is 0. The van der Waals surface area contributed by atoms with Gasteiger partial charge in [0.15, 0.2) is 0 Å². The van der Waals surface area contributed by atoms with Gasteiger partial charge < -0.3 is 10.4 Å². The van der Waals surface area contributed by atoms with E-state index in [9.17, 15) is 5.11 Å². The Labute approximate surface area is 107 Å². The third kappa shape index (κ3) is 2.34. The van der Waals surface area contributed by atoms with Crippen LogP contribution in [0.4, 0.5) is 0 Å². The van der Waals surface area contributed by atoms with E-state index in [-0.39, 0.29) is 12.1 Å². The number of halogens is 1. The lowest BCUT2D eigenvalue weighted by Crippen LogP contribution is -2.53. The fourth-order valence-corrected chi connectivity index (χ4v) is 2.64. The molecule has 1 heterocycles. The molecular formula is C12H20ClN3O. The topological polar surface area (TPSA) is 50.1 Å². The van der Waals surface area contributed by atoms with Crippen LogP contribution in [0.3, 0.4) is 0 Å². The van der Waals surface area contributed by atoms with Crippen molar-refractivity contribution in [2.24, 2.45) is 7.05 Å². The predicted molar refractivity (Wildman–Crippen MR) is 68.1 cm³/mol. The zero-order valence-corrected chi connectivity index (χ0v) is 11.2. The number of aliphatic hydroxyl groups excluding tert-OH is 1. The second-order valence-corrected chi connectivity index (χ2v) is 5.21. The lowest BCUT2D eigenvalue weighted by atomic mass is 9.77. The van der Waals surface area contributed by atoms with Crippen LogP contribution < -0.4 is 5.32 Å². The molecule has 0 bridgehead atoms. The van der Waals surface area contributed by atoms with Gasteiger partial charge in [-0.2, -0.15) is 5.10 Å². The number of aromatic nitrogens is 2. The molecule has 0 spiro atoms. The number of aliphatic hydroxyl groups is 1. The zero-order valence-electron chi connectivity index (χ0n) is 10.5. The summed E-state index contributed by atoms with van der Waals surface area (Å²) < 4.78 is 1.83. The van der Waals surface area contributed by atoms with Gasteiger partial charge in [0.25, 0.3) is 0 Å². The molecule has 1 aromatic rings. The van der Waals surface area contributed by atoms with Gasteiger partial charge in [-0.1, -0.05) is 18.5 Å². The Balaban J connectivity index is 2.06. The molecule has 4 nitrogen and oxygen atoms in total. The van der Waals surface area contributed by atoms with Crippen molar-refractivity contribution < 1.29 is 5.11 Å². The monoisotopic (exact) mass is 257 g/mol. The standard InChI is InChI=1S/C12H20ClN3O/c1-3-9-11(13)10(16(2)15-9)7-14-12(8-17)5-4-6-12/h14,17H,3-8H2,1-2H3. The van der Waals surface area contributed by atoms with Gasteiger partial charge in [0.2, 0.25) is 0 Å². The largest absolute Gasteiger partial charge is 0.394 e. The highest BCUT2D eigenvalue weighted by Gasteiger charge is 2.36. The number of aryl methyl sites for hydroxylation is 2. The maximum Gasteiger partial charge on any atom is 0.0863 e. The summed E-state index contributed by atoms with van der Waals surface area (Å²) in [6.07, 6.45) is 4.11. The fraction of sp³-hybridized carbons (Fsp3) is 0.750. The third-order valence-corrected chi connectivity index (χ3v) is 4.18. The van der Waals surface area contributed by atoms with Crippen molar-refractivity contribution in [3.63, 3.8) is 0 Å². The van der Waals surface area contributed by atoms with Crippen molar-refractivity contribution in [1.29, 1.82) is 0 Å². The Kier molecular flexibility index (Phi) is 3.76. The van der Waals surface area contributed by atoms with Crippen LogP contribution in [0.1, 0.15) is 37.6 Å². The highest BCUT2D eigenvalue weighted by molar-refractivity contribution is 6.31. The van der Waals surface area contributed by atoms with E-state index in [1.807, 2.05) is 18.7 Å². The normalized spacial score (nSPS) is 18.1. The molecule has 5 heteroatoms. The minimum Gasteiger partial charge on any atom is -0.394 e. The molecule has 96 valence electrons. The van der Waals surface area contributed by atoms with Gasteiger partial charge in [0, 0.05) is 19.1 Å². The molecule has 2 N–H and O–H groups in total. The molecule has 1 aliphatic rings. The first-order valence-electron chi connectivity index (χ1n) is 6.18. The minimum atomic E-state index is -0.0834. The lowest BCUT2D eigenvalue weighted by molar-refractivity contribution is 0.0865. The van der Waals surface area contributed by atoms with Crippen LogP contribution in [0, 0.1) is 0 Å². The predicted octanol–water partition coefficient (Wildman–Crippen LogP) is 1.64. The second-order valence-electron chi connectivity index (χ2n) is 4.83. The van der Waals surface area contributed by atoms with Crippen molar-refractivity contribution in [3.8, 4) is 0 Å². The molecule has 0 aromatic carbocycles. The van der Waals surface area contributed by atoms with Gasteiger partial charge in [-0.15, -0.1) is 0 Å². The van der Waals surface area contributed by atoms with Crippen LogP contribution in [0.25, 0.3) is 0 Å². The van der Waals surface area contributed by atoms with Gasteiger partial charge in [0.1, 0.15) is 0 Å². The highest BCUT2D eigenvalue weighted by Crippen LogP contribution is 2.32. The summed E-state index contributed by atoms with van der Waals surface area (Å²) in [5.41, 5.74) is 1.86. The Morgan fingerprint density at radius 2 is 2.24 bits per heavy atom. The van der Waals surface area contributed by atoms with Crippen molar-refractivity contribution in [2.75, 3.05) is 6.61 Å². The second kappa shape index (κ2) is 4.96. The van der Waals surface area contributed by atoms with E-state index in [4.69, 9.17) is 11.6 Å². The Bertz CT molecular complexity index is 393. The molecule has 0 atom stereocenters. The first-order chi connectivity index (χ1) is 8.12. The molecular weight excluding hydrogens is 238 g/mol. The maximum atomic E-state index is 9.39. The van der Waals surface area contributed by atoms with E-state index >= 15 is 0 Å². The zero-order chi connectivity index (χ0) is 12.5. The number of rotatable bonds is 5. The Morgan fingerprint density at radius 3 is 2.65 bits per heavy atom. The van der Waals surface area contributed by atoms with E-state index in [1.165, 1.54) is 6.42 Å². The first-order valence-corrected chi connectivity index (χ1v) is 6.56. The van der Waals surface area contributed by atoms with Crippen molar-refractivity contribution >= 4 is 11.6 Å². The minimum absolute atomic E-state index is 0.0834. The van der Waals surface area contributed by atoms with Gasteiger partial charge in [0.05, 0.1) is 23.0 Å². The molecule has 0 aliphatic heterocycles. The average molecular weight is 258 g/mol. The summed E-state index contributed by atoms with van der Waals surface area (Å²) in [5, 5.41) is 17.9. The maximum absolute atomic E-state index is 9.39. The smallest absolute Gasteiger partial charge is 0.0863 e. The van der Waals surface area contributed by atoms with E-state index in [0.717, 1.165) is 35.7 Å². The van der Waals surface area contributed by atoms with Gasteiger partial charge in [-0.25, -0.2) is 0 Å². The fourth-order valence-electron chi connectivity index (χ4n) is 2.28. The van der Waals surface area contributed by atoms with Crippen LogP contribution in [0.5, 0.6) is 0 Å². The molecule has 1 aromatic heterocycles. The molecule has 0 radical (unpaired) electrons. The molecule has 17 heavy (non-hydrogen) atoms. The number of hydrogen-bond acceptors (Lipinski definition) is 3. The van der Waals surface area contributed by atoms with Crippen LogP contribution in [-0.2, 0) is 20.0 Å². The van der Waals surface area contributed by atoms with Crippen LogP contribution in [0.2, 0.25) is 5.02 Å². The summed E-state index contributed by atoms with van der Waals surface area (Å²) in [5.74, 6) is 0. The quantitative estimate of drug-likeness (QED) is 0.843. The molecule has 1 aliphatic carbocycles. The van der Waals surface area contributed by atoms with Gasteiger partial charge >= 0.3 is 0 Å². The average Bonchev–Trinajstić information content (AvgIpc) is 2.54. The molecule has 0 amide bonds. The van der Waals surface area contributed by atoms with E-state index in [0.29, 0.717) is 6.54 Å². The molecule has 2 rings (SSSR count).